The topological polar surface area (TPSA) is 38.8 Å². The first-order valence-electron chi connectivity index (χ1n) is 8.39. The highest BCUT2D eigenvalue weighted by atomic mass is 35.5. The summed E-state index contributed by atoms with van der Waals surface area (Å²) in [6, 6.07) is 13.3. The molecule has 0 aliphatic carbocycles. The van der Waals surface area contributed by atoms with Crippen molar-refractivity contribution >= 4 is 17.5 Å². The van der Waals surface area contributed by atoms with Gasteiger partial charge in [0.15, 0.2) is 0 Å². The fourth-order valence-electron chi connectivity index (χ4n) is 3.41. The van der Waals surface area contributed by atoms with Gasteiger partial charge in [-0.2, -0.15) is 0 Å². The molecular formula is C20H22ClNO3. The Balaban J connectivity index is 1.98. The Kier molecular flexibility index (Phi) is 5.49. The Hall–Kier alpha value is -2.20. The molecule has 0 radical (unpaired) electrons. The molecule has 0 bridgehead atoms. The van der Waals surface area contributed by atoms with Crippen molar-refractivity contribution in [1.82, 2.24) is 4.90 Å². The monoisotopic (exact) mass is 359 g/mol. The van der Waals surface area contributed by atoms with Gasteiger partial charge in [0.1, 0.15) is 11.5 Å². The maximum absolute atomic E-state index is 12.7. The molecule has 25 heavy (non-hydrogen) atoms. The molecule has 0 spiro atoms. The van der Waals surface area contributed by atoms with E-state index in [1.165, 1.54) is 0 Å². The van der Waals surface area contributed by atoms with Gasteiger partial charge in [-0.25, -0.2) is 0 Å². The molecule has 1 aliphatic heterocycles. The summed E-state index contributed by atoms with van der Waals surface area (Å²) in [4.78, 5) is 14.6. The van der Waals surface area contributed by atoms with Crippen molar-refractivity contribution in [3.8, 4) is 11.5 Å². The minimum absolute atomic E-state index is 0.0666. The molecular weight excluding hydrogens is 338 g/mol. The third-order valence-electron chi connectivity index (χ3n) is 4.63. The molecule has 1 heterocycles. The maximum Gasteiger partial charge on any atom is 0.223 e. The Morgan fingerprint density at radius 2 is 1.72 bits per heavy atom. The number of hydrogen-bond acceptors (Lipinski definition) is 3. The lowest BCUT2D eigenvalue weighted by Crippen LogP contribution is -2.38. The van der Waals surface area contributed by atoms with E-state index >= 15 is 0 Å². The van der Waals surface area contributed by atoms with Gasteiger partial charge in [-0.05, 0) is 42.7 Å². The van der Waals surface area contributed by atoms with E-state index in [-0.39, 0.29) is 11.9 Å². The minimum Gasteiger partial charge on any atom is -0.496 e. The summed E-state index contributed by atoms with van der Waals surface area (Å²) < 4.78 is 11.1. The van der Waals surface area contributed by atoms with E-state index in [9.17, 15) is 4.79 Å². The quantitative estimate of drug-likeness (QED) is 0.782. The third kappa shape index (κ3) is 3.74. The van der Waals surface area contributed by atoms with Crippen LogP contribution in [-0.2, 0) is 11.3 Å². The van der Waals surface area contributed by atoms with Crippen LogP contribution in [0.25, 0.3) is 0 Å². The summed E-state index contributed by atoms with van der Waals surface area (Å²) in [5.74, 6) is 1.65. The normalized spacial score (nSPS) is 17.5. The molecule has 5 heteroatoms. The SMILES string of the molecule is COc1cccc(OC)c1[C@@H]1CCCC(=O)N1Cc1ccc(Cl)cc1. The summed E-state index contributed by atoms with van der Waals surface area (Å²) in [5, 5.41) is 0.691. The van der Waals surface area contributed by atoms with E-state index in [4.69, 9.17) is 21.1 Å². The van der Waals surface area contributed by atoms with Crippen LogP contribution in [0, 0.1) is 0 Å². The van der Waals surface area contributed by atoms with Gasteiger partial charge < -0.3 is 14.4 Å². The standard InChI is InChI=1S/C20H22ClNO3/c1-24-17-6-4-7-18(25-2)20(17)16-5-3-8-19(23)22(16)13-14-9-11-15(21)12-10-14/h4,6-7,9-12,16H,3,5,8,13H2,1-2H3/t16-/m0/s1. The van der Waals surface area contributed by atoms with Crippen LogP contribution >= 0.6 is 11.6 Å². The van der Waals surface area contributed by atoms with Crippen LogP contribution < -0.4 is 9.47 Å². The summed E-state index contributed by atoms with van der Waals surface area (Å²) in [7, 11) is 3.29. The number of piperidine rings is 1. The van der Waals surface area contributed by atoms with Crippen LogP contribution in [0.4, 0.5) is 0 Å². The van der Waals surface area contributed by atoms with E-state index in [1.54, 1.807) is 14.2 Å². The summed E-state index contributed by atoms with van der Waals surface area (Å²) in [5.41, 5.74) is 1.99. The predicted octanol–water partition coefficient (Wildman–Crippen LogP) is 4.61. The van der Waals surface area contributed by atoms with E-state index in [2.05, 4.69) is 0 Å². The average Bonchev–Trinajstić information content (AvgIpc) is 2.64. The van der Waals surface area contributed by atoms with Crippen LogP contribution in [0.15, 0.2) is 42.5 Å². The number of likely N-dealkylation sites (tertiary alicyclic amines) is 1. The first kappa shape index (κ1) is 17.6. The number of ether oxygens (including phenoxy) is 2. The number of hydrogen-bond donors (Lipinski definition) is 0. The second-order valence-corrected chi connectivity index (χ2v) is 6.57. The second-order valence-electron chi connectivity index (χ2n) is 6.13. The van der Waals surface area contributed by atoms with Crippen molar-refractivity contribution in [2.24, 2.45) is 0 Å². The predicted molar refractivity (Wildman–Crippen MR) is 98.1 cm³/mol. The molecule has 0 unspecified atom stereocenters. The van der Waals surface area contributed by atoms with Crippen molar-refractivity contribution in [2.75, 3.05) is 14.2 Å². The van der Waals surface area contributed by atoms with Gasteiger partial charge in [0.05, 0.1) is 25.8 Å². The van der Waals surface area contributed by atoms with Crippen LogP contribution in [0.1, 0.15) is 36.4 Å². The van der Waals surface area contributed by atoms with E-state index < -0.39 is 0 Å². The molecule has 3 rings (SSSR count). The average molecular weight is 360 g/mol. The van der Waals surface area contributed by atoms with Crippen molar-refractivity contribution in [3.05, 3.63) is 58.6 Å². The number of nitrogens with zero attached hydrogens (tertiary/aromatic N) is 1. The van der Waals surface area contributed by atoms with E-state index in [0.29, 0.717) is 18.0 Å². The zero-order valence-electron chi connectivity index (χ0n) is 14.5. The zero-order valence-corrected chi connectivity index (χ0v) is 15.3. The molecule has 1 saturated heterocycles. The Morgan fingerprint density at radius 1 is 1.08 bits per heavy atom. The molecule has 0 saturated carbocycles. The Morgan fingerprint density at radius 3 is 2.32 bits per heavy atom. The molecule has 1 aliphatic rings. The highest BCUT2D eigenvalue weighted by Crippen LogP contribution is 2.42. The summed E-state index contributed by atoms with van der Waals surface area (Å²) in [6.07, 6.45) is 2.32. The molecule has 2 aromatic rings. The van der Waals surface area contributed by atoms with Crippen molar-refractivity contribution in [3.63, 3.8) is 0 Å². The fraction of sp³-hybridized carbons (Fsp3) is 0.350. The first-order valence-corrected chi connectivity index (χ1v) is 8.76. The number of rotatable bonds is 5. The van der Waals surface area contributed by atoms with Crippen molar-refractivity contribution in [2.45, 2.75) is 31.8 Å². The van der Waals surface area contributed by atoms with Gasteiger partial charge >= 0.3 is 0 Å². The Bertz CT molecular complexity index is 723. The number of benzene rings is 2. The molecule has 0 aromatic heterocycles. The van der Waals surface area contributed by atoms with Crippen LogP contribution in [0.3, 0.4) is 0 Å². The van der Waals surface area contributed by atoms with Crippen LogP contribution in [-0.4, -0.2) is 25.0 Å². The van der Waals surface area contributed by atoms with Crippen LogP contribution in [0.5, 0.6) is 11.5 Å². The molecule has 132 valence electrons. The van der Waals surface area contributed by atoms with Crippen molar-refractivity contribution < 1.29 is 14.3 Å². The number of halogens is 1. The number of carbonyl (C=O) groups is 1. The van der Waals surface area contributed by atoms with Crippen molar-refractivity contribution in [1.29, 1.82) is 0 Å². The number of amides is 1. The molecule has 4 nitrogen and oxygen atoms in total. The summed E-state index contributed by atoms with van der Waals surface area (Å²) in [6.45, 7) is 0.544. The van der Waals surface area contributed by atoms with Crippen LogP contribution in [0.2, 0.25) is 5.02 Å². The molecule has 1 fully saturated rings. The molecule has 2 aromatic carbocycles. The van der Waals surface area contributed by atoms with E-state index in [0.717, 1.165) is 35.5 Å². The fourth-order valence-corrected chi connectivity index (χ4v) is 3.54. The van der Waals surface area contributed by atoms with Gasteiger partial charge in [-0.15, -0.1) is 0 Å². The number of carbonyl (C=O) groups excluding carboxylic acids is 1. The second kappa shape index (κ2) is 7.79. The Labute approximate surface area is 153 Å². The lowest BCUT2D eigenvalue weighted by atomic mass is 9.92. The van der Waals surface area contributed by atoms with Gasteiger partial charge in [0.25, 0.3) is 0 Å². The van der Waals surface area contributed by atoms with Gasteiger partial charge in [-0.1, -0.05) is 29.8 Å². The number of methoxy groups -OCH3 is 2. The molecule has 0 N–H and O–H groups in total. The lowest BCUT2D eigenvalue weighted by Gasteiger charge is -2.37. The maximum atomic E-state index is 12.7. The first-order chi connectivity index (χ1) is 12.1. The smallest absolute Gasteiger partial charge is 0.223 e. The van der Waals surface area contributed by atoms with Gasteiger partial charge in [0, 0.05) is 18.0 Å². The highest BCUT2D eigenvalue weighted by Gasteiger charge is 2.33. The van der Waals surface area contributed by atoms with Gasteiger partial charge in [-0.3, -0.25) is 4.79 Å². The van der Waals surface area contributed by atoms with E-state index in [1.807, 2.05) is 47.4 Å². The van der Waals surface area contributed by atoms with Gasteiger partial charge in [0.2, 0.25) is 5.91 Å². The molecule has 1 amide bonds. The highest BCUT2D eigenvalue weighted by molar-refractivity contribution is 6.30. The third-order valence-corrected chi connectivity index (χ3v) is 4.88. The summed E-state index contributed by atoms with van der Waals surface area (Å²) >= 11 is 5.97. The minimum atomic E-state index is -0.0666. The lowest BCUT2D eigenvalue weighted by molar-refractivity contribution is -0.137. The molecule has 1 atom stereocenters. The largest absolute Gasteiger partial charge is 0.496 e. The zero-order chi connectivity index (χ0) is 17.8.